The van der Waals surface area contributed by atoms with Crippen LogP contribution < -0.4 is 4.74 Å². The largest absolute Gasteiger partial charge is 0.515 e. The molecule has 134 valence electrons. The summed E-state index contributed by atoms with van der Waals surface area (Å²) in [6.45, 7) is 3.94. The van der Waals surface area contributed by atoms with Gasteiger partial charge in [0.2, 0.25) is 5.88 Å². The molecule has 2 aromatic heterocycles. The Morgan fingerprint density at radius 2 is 2.19 bits per heavy atom. The maximum absolute atomic E-state index is 11.7. The molecule has 0 amide bonds. The number of fused-ring (bicyclic) bond motifs is 3. The molecular weight excluding hydrogens is 328 g/mol. The van der Waals surface area contributed by atoms with E-state index in [9.17, 15) is 4.79 Å². The molecule has 1 unspecified atom stereocenters. The number of ether oxygens (including phenoxy) is 2. The number of benzene rings is 1. The average Bonchev–Trinajstić information content (AvgIpc) is 3.03. The van der Waals surface area contributed by atoms with Gasteiger partial charge in [0, 0.05) is 21.9 Å². The molecule has 3 aromatic rings. The third kappa shape index (κ3) is 2.94. The smallest absolute Gasteiger partial charge is 0.434 e. The van der Waals surface area contributed by atoms with E-state index < -0.39 is 6.16 Å². The topological polar surface area (TPSA) is 64.2 Å². The summed E-state index contributed by atoms with van der Waals surface area (Å²) in [5, 5.41) is 2.18. The third-order valence-electron chi connectivity index (χ3n) is 5.04. The van der Waals surface area contributed by atoms with Crippen LogP contribution in [0.4, 0.5) is 4.79 Å². The summed E-state index contributed by atoms with van der Waals surface area (Å²) in [6, 6.07) is 6.60. The van der Waals surface area contributed by atoms with Crippen LogP contribution in [0.5, 0.6) is 5.88 Å². The highest BCUT2D eigenvalue weighted by atomic mass is 16.7. The van der Waals surface area contributed by atoms with Crippen molar-refractivity contribution in [1.82, 2.24) is 9.97 Å². The van der Waals surface area contributed by atoms with Crippen molar-refractivity contribution in [2.45, 2.75) is 39.0 Å². The number of pyridine rings is 1. The average molecular weight is 350 g/mol. The normalized spacial score (nSPS) is 16.9. The van der Waals surface area contributed by atoms with Crippen molar-refractivity contribution in [3.63, 3.8) is 0 Å². The molecule has 1 aliphatic rings. The Kier molecular flexibility index (Phi) is 4.37. The van der Waals surface area contributed by atoms with Gasteiger partial charge >= 0.3 is 6.16 Å². The van der Waals surface area contributed by atoms with Crippen molar-refractivity contribution >= 4 is 28.0 Å². The minimum absolute atomic E-state index is 0.270. The number of aromatic amines is 1. The lowest BCUT2D eigenvalue weighted by Crippen LogP contribution is -2.11. The van der Waals surface area contributed by atoms with Gasteiger partial charge < -0.3 is 14.5 Å². The van der Waals surface area contributed by atoms with E-state index in [4.69, 9.17) is 9.47 Å². The highest BCUT2D eigenvalue weighted by Gasteiger charge is 2.18. The molecule has 0 radical (unpaired) electrons. The predicted octanol–water partition coefficient (Wildman–Crippen LogP) is 5.38. The Morgan fingerprint density at radius 1 is 1.31 bits per heavy atom. The lowest BCUT2D eigenvalue weighted by atomic mass is 9.87. The molecule has 0 saturated heterocycles. The van der Waals surface area contributed by atoms with Crippen molar-refractivity contribution in [3.8, 4) is 5.88 Å². The van der Waals surface area contributed by atoms with Crippen LogP contribution in [-0.4, -0.2) is 22.7 Å². The second-order valence-electron chi connectivity index (χ2n) is 6.67. The first kappa shape index (κ1) is 16.6. The summed E-state index contributed by atoms with van der Waals surface area (Å²) in [7, 11) is 0. The van der Waals surface area contributed by atoms with Gasteiger partial charge in [0.15, 0.2) is 0 Å². The quantitative estimate of drug-likeness (QED) is 0.508. The number of nitrogens with one attached hydrogen (secondary N) is 1. The summed E-state index contributed by atoms with van der Waals surface area (Å²) in [5.74, 6) is 0.856. The zero-order valence-electron chi connectivity index (χ0n) is 15.0. The van der Waals surface area contributed by atoms with E-state index in [-0.39, 0.29) is 6.61 Å². The third-order valence-corrected chi connectivity index (χ3v) is 5.04. The predicted molar refractivity (Wildman–Crippen MR) is 102 cm³/mol. The number of hydrogen-bond acceptors (Lipinski definition) is 4. The van der Waals surface area contributed by atoms with Crippen LogP contribution in [0.1, 0.15) is 43.2 Å². The number of H-pyrrole nitrogens is 1. The van der Waals surface area contributed by atoms with Crippen LogP contribution in [0.3, 0.4) is 0 Å². The van der Waals surface area contributed by atoms with Crippen LogP contribution in [0.25, 0.3) is 21.8 Å². The van der Waals surface area contributed by atoms with Gasteiger partial charge in [0.25, 0.3) is 0 Å². The van der Waals surface area contributed by atoms with Gasteiger partial charge in [-0.1, -0.05) is 18.2 Å². The highest BCUT2D eigenvalue weighted by Crippen LogP contribution is 2.36. The van der Waals surface area contributed by atoms with E-state index in [0.717, 1.165) is 40.2 Å². The molecule has 0 bridgehead atoms. The van der Waals surface area contributed by atoms with Crippen LogP contribution >= 0.6 is 0 Å². The fourth-order valence-electron chi connectivity index (χ4n) is 3.74. The molecule has 0 saturated carbocycles. The van der Waals surface area contributed by atoms with E-state index >= 15 is 0 Å². The van der Waals surface area contributed by atoms with Crippen molar-refractivity contribution in [1.29, 1.82) is 0 Å². The second-order valence-corrected chi connectivity index (χ2v) is 6.67. The molecule has 0 aliphatic heterocycles. The Balaban J connectivity index is 1.80. The molecule has 1 N–H and O–H groups in total. The molecule has 0 spiro atoms. The number of hydrogen-bond donors (Lipinski definition) is 1. The number of allylic oxidation sites excluding steroid dienone is 2. The van der Waals surface area contributed by atoms with Gasteiger partial charge in [-0.25, -0.2) is 9.78 Å². The molecule has 2 heterocycles. The number of carbonyl (C=O) groups excluding carboxylic acids is 1. The Labute approximate surface area is 152 Å². The lowest BCUT2D eigenvalue weighted by Gasteiger charge is -2.18. The fraction of sp³-hybridized carbons (Fsp3) is 0.333. The monoisotopic (exact) mass is 350 g/mol. The second kappa shape index (κ2) is 6.83. The molecule has 0 fully saturated rings. The number of aryl methyl sites for hydroxylation is 1. The number of rotatable bonds is 3. The zero-order chi connectivity index (χ0) is 18.1. The summed E-state index contributed by atoms with van der Waals surface area (Å²) in [4.78, 5) is 19.3. The van der Waals surface area contributed by atoms with Crippen molar-refractivity contribution in [2.24, 2.45) is 0 Å². The fourth-order valence-corrected chi connectivity index (χ4v) is 3.74. The van der Waals surface area contributed by atoms with Gasteiger partial charge in [0.1, 0.15) is 0 Å². The van der Waals surface area contributed by atoms with Gasteiger partial charge in [0.05, 0.1) is 18.3 Å². The molecule has 1 atom stereocenters. The highest BCUT2D eigenvalue weighted by molar-refractivity contribution is 6.09. The molecule has 5 heteroatoms. The van der Waals surface area contributed by atoms with E-state index in [1.165, 1.54) is 12.0 Å². The summed E-state index contributed by atoms with van der Waals surface area (Å²) < 4.78 is 10.1. The van der Waals surface area contributed by atoms with E-state index in [2.05, 4.69) is 40.3 Å². The van der Waals surface area contributed by atoms with Crippen LogP contribution in [-0.2, 0) is 4.74 Å². The van der Waals surface area contributed by atoms with Crippen molar-refractivity contribution in [3.05, 3.63) is 47.7 Å². The zero-order valence-corrected chi connectivity index (χ0v) is 15.0. The number of aromatic nitrogens is 2. The Bertz CT molecular complexity index is 1000. The molecule has 1 aliphatic carbocycles. The van der Waals surface area contributed by atoms with Crippen molar-refractivity contribution in [2.75, 3.05) is 6.61 Å². The number of carbonyl (C=O) groups is 1. The Hall–Kier alpha value is -2.82. The molecule has 26 heavy (non-hydrogen) atoms. The standard InChI is InChI=1S/C21H22N2O3/c1-3-25-21(24)26-20-13(2)19-16-11-15(14-7-5-4-6-8-14)9-10-17(16)23-18(19)12-22-20/h4-5,9-12,14,23H,3,6-8H2,1-2H3. The SMILES string of the molecule is CCOC(=O)Oc1ncc2[nH]c3ccc(C4CC=CCC4)cc3c2c1C. The van der Waals surface area contributed by atoms with Crippen LogP contribution in [0, 0.1) is 6.92 Å². The maximum atomic E-state index is 11.7. The van der Waals surface area contributed by atoms with Crippen molar-refractivity contribution < 1.29 is 14.3 Å². The first-order valence-electron chi connectivity index (χ1n) is 9.08. The summed E-state index contributed by atoms with van der Waals surface area (Å²) >= 11 is 0. The van der Waals surface area contributed by atoms with Gasteiger partial charge in [-0.05, 0) is 56.7 Å². The maximum Gasteiger partial charge on any atom is 0.515 e. The molecule has 4 rings (SSSR count). The van der Waals surface area contributed by atoms with Gasteiger partial charge in [-0.15, -0.1) is 0 Å². The van der Waals surface area contributed by atoms with E-state index in [1.54, 1.807) is 13.1 Å². The van der Waals surface area contributed by atoms with Gasteiger partial charge in [-0.3, -0.25) is 0 Å². The molecule has 5 nitrogen and oxygen atoms in total. The minimum Gasteiger partial charge on any atom is -0.434 e. The van der Waals surface area contributed by atoms with Gasteiger partial charge in [-0.2, -0.15) is 0 Å². The lowest BCUT2D eigenvalue weighted by molar-refractivity contribution is 0.102. The van der Waals surface area contributed by atoms with E-state index in [0.29, 0.717) is 11.8 Å². The number of nitrogens with zero attached hydrogens (tertiary/aromatic N) is 1. The molecular formula is C21H22N2O3. The summed E-state index contributed by atoms with van der Waals surface area (Å²) in [6.07, 6.45) is 8.92. The Morgan fingerprint density at radius 3 is 2.96 bits per heavy atom. The summed E-state index contributed by atoms with van der Waals surface area (Å²) in [5.41, 5.74) is 4.19. The first-order valence-corrected chi connectivity index (χ1v) is 9.08. The van der Waals surface area contributed by atoms with Crippen LogP contribution in [0.2, 0.25) is 0 Å². The van der Waals surface area contributed by atoms with E-state index in [1.807, 2.05) is 6.92 Å². The first-order chi connectivity index (χ1) is 12.7. The minimum atomic E-state index is -0.725. The van der Waals surface area contributed by atoms with Crippen LogP contribution in [0.15, 0.2) is 36.5 Å². The molecule has 1 aromatic carbocycles.